The van der Waals surface area contributed by atoms with Gasteiger partial charge in [-0.1, -0.05) is 18.2 Å². The summed E-state index contributed by atoms with van der Waals surface area (Å²) >= 11 is 0. The second-order valence-electron chi connectivity index (χ2n) is 6.03. The summed E-state index contributed by atoms with van der Waals surface area (Å²) in [6.45, 7) is 2.20. The molecule has 1 amide bonds. The Balaban J connectivity index is 1.72. The van der Waals surface area contributed by atoms with Crippen molar-refractivity contribution in [2.24, 2.45) is 7.05 Å². The number of nitrogens with zero attached hydrogens (tertiary/aromatic N) is 1. The van der Waals surface area contributed by atoms with Crippen molar-refractivity contribution >= 4 is 16.8 Å². The van der Waals surface area contributed by atoms with Crippen LogP contribution in [0.25, 0.3) is 10.9 Å². The number of H-pyrrole nitrogens is 1. The van der Waals surface area contributed by atoms with Crippen LogP contribution in [-0.4, -0.2) is 22.0 Å². The molecule has 0 saturated heterocycles. The summed E-state index contributed by atoms with van der Waals surface area (Å²) in [5.41, 5.74) is 1.77. The number of carbonyl (C=O) groups excluding carboxylic acids is 1. The topological polar surface area (TPSA) is 49.8 Å². The van der Waals surface area contributed by atoms with E-state index >= 15 is 0 Å². The van der Waals surface area contributed by atoms with Crippen LogP contribution < -0.4 is 5.32 Å². The Kier molecular flexibility index (Phi) is 4.32. The van der Waals surface area contributed by atoms with Crippen molar-refractivity contribution in [2.45, 2.75) is 19.5 Å². The van der Waals surface area contributed by atoms with Crippen molar-refractivity contribution in [3.63, 3.8) is 0 Å². The summed E-state index contributed by atoms with van der Waals surface area (Å²) in [6.07, 6.45) is -1.91. The lowest BCUT2D eigenvalue weighted by Gasteiger charge is -2.09. The van der Waals surface area contributed by atoms with E-state index < -0.39 is 17.6 Å². The number of aryl methyl sites for hydroxylation is 2. The number of fused-ring (bicyclic) bond motifs is 1. The fourth-order valence-corrected chi connectivity index (χ4v) is 3.04. The summed E-state index contributed by atoms with van der Waals surface area (Å²) in [5, 5.41) is 3.65. The molecule has 2 heterocycles. The average Bonchev–Trinajstić information content (AvgIpc) is 3.08. The van der Waals surface area contributed by atoms with Crippen LogP contribution in [0.2, 0.25) is 0 Å². The predicted octanol–water partition coefficient (Wildman–Crippen LogP) is 3.81. The zero-order chi connectivity index (χ0) is 18.2. The van der Waals surface area contributed by atoms with Crippen LogP contribution in [0.3, 0.4) is 0 Å². The molecule has 2 N–H and O–H groups in total. The zero-order valence-electron chi connectivity index (χ0n) is 13.9. The van der Waals surface area contributed by atoms with Gasteiger partial charge in [-0.3, -0.25) is 4.79 Å². The average molecular weight is 349 g/mol. The van der Waals surface area contributed by atoms with Gasteiger partial charge in [-0.25, -0.2) is 0 Å². The van der Waals surface area contributed by atoms with Crippen molar-refractivity contribution in [3.05, 3.63) is 59.0 Å². The minimum absolute atomic E-state index is 0.258. The molecule has 0 atom stereocenters. The molecule has 0 fully saturated rings. The normalized spacial score (nSPS) is 11.9. The molecule has 0 saturated carbocycles. The second kappa shape index (κ2) is 6.31. The first-order valence-electron chi connectivity index (χ1n) is 7.85. The number of aromatic amines is 1. The van der Waals surface area contributed by atoms with E-state index in [0.717, 1.165) is 28.4 Å². The molecule has 25 heavy (non-hydrogen) atoms. The molecule has 0 radical (unpaired) electrons. The number of benzene rings is 1. The molecule has 3 rings (SSSR count). The first-order chi connectivity index (χ1) is 11.8. The Labute approximate surface area is 142 Å². The molecule has 0 aliphatic carbocycles. The van der Waals surface area contributed by atoms with Gasteiger partial charge >= 0.3 is 6.18 Å². The standard InChI is InChI=1S/C18H18F3N3O/c1-11-12(13-5-3-4-6-16(13)23-11)7-8-22-17(25)14-9-24(2)10-15(14)18(19,20)21/h3-6,9-10,23H,7-8H2,1-2H3,(H,22,25). The molecule has 1 aromatic carbocycles. The van der Waals surface area contributed by atoms with E-state index in [1.54, 1.807) is 0 Å². The number of amides is 1. The molecule has 7 heteroatoms. The summed E-state index contributed by atoms with van der Waals surface area (Å²) in [4.78, 5) is 15.4. The first kappa shape index (κ1) is 17.1. The van der Waals surface area contributed by atoms with E-state index in [2.05, 4.69) is 10.3 Å². The number of halogens is 3. The maximum atomic E-state index is 13.0. The van der Waals surface area contributed by atoms with E-state index in [9.17, 15) is 18.0 Å². The predicted molar refractivity (Wildman–Crippen MR) is 89.5 cm³/mol. The molecule has 0 aliphatic heterocycles. The summed E-state index contributed by atoms with van der Waals surface area (Å²) in [5.74, 6) is -0.717. The number of para-hydroxylation sites is 1. The number of aromatic nitrogens is 2. The summed E-state index contributed by atoms with van der Waals surface area (Å²) in [7, 11) is 1.46. The number of nitrogens with one attached hydrogen (secondary N) is 2. The van der Waals surface area contributed by atoms with E-state index in [-0.39, 0.29) is 12.1 Å². The van der Waals surface area contributed by atoms with E-state index in [1.807, 2.05) is 31.2 Å². The van der Waals surface area contributed by atoms with Crippen LogP contribution in [0.5, 0.6) is 0 Å². The highest BCUT2D eigenvalue weighted by Crippen LogP contribution is 2.32. The van der Waals surface area contributed by atoms with Crippen molar-refractivity contribution < 1.29 is 18.0 Å². The molecule has 0 spiro atoms. The lowest BCUT2D eigenvalue weighted by atomic mass is 10.1. The maximum Gasteiger partial charge on any atom is 0.418 e. The molecule has 0 unspecified atom stereocenters. The highest BCUT2D eigenvalue weighted by molar-refractivity contribution is 5.95. The minimum atomic E-state index is -4.55. The van der Waals surface area contributed by atoms with E-state index in [0.29, 0.717) is 6.42 Å². The Morgan fingerprint density at radius 3 is 2.68 bits per heavy atom. The SMILES string of the molecule is Cc1[nH]c2ccccc2c1CCNC(=O)c1cn(C)cc1C(F)(F)F. The minimum Gasteiger partial charge on any atom is -0.358 e. The van der Waals surface area contributed by atoms with E-state index in [1.165, 1.54) is 17.8 Å². The number of rotatable bonds is 4. The van der Waals surface area contributed by atoms with Crippen LogP contribution in [0.4, 0.5) is 13.2 Å². The van der Waals surface area contributed by atoms with Crippen molar-refractivity contribution in [2.75, 3.05) is 6.54 Å². The van der Waals surface area contributed by atoms with Crippen molar-refractivity contribution in [3.8, 4) is 0 Å². The Bertz CT molecular complexity index is 921. The summed E-state index contributed by atoms with van der Waals surface area (Å²) in [6, 6.07) is 7.80. The molecule has 3 aromatic rings. The van der Waals surface area contributed by atoms with Gasteiger partial charge in [0.15, 0.2) is 0 Å². The van der Waals surface area contributed by atoms with Crippen LogP contribution in [0.15, 0.2) is 36.7 Å². The van der Waals surface area contributed by atoms with Crippen LogP contribution in [-0.2, 0) is 19.6 Å². The van der Waals surface area contributed by atoms with Crippen molar-refractivity contribution in [1.82, 2.24) is 14.9 Å². The Morgan fingerprint density at radius 2 is 1.96 bits per heavy atom. The third-order valence-electron chi connectivity index (χ3n) is 4.19. The number of hydrogen-bond acceptors (Lipinski definition) is 1. The Morgan fingerprint density at radius 1 is 1.24 bits per heavy atom. The largest absolute Gasteiger partial charge is 0.418 e. The lowest BCUT2D eigenvalue weighted by molar-refractivity contribution is -0.137. The van der Waals surface area contributed by atoms with E-state index in [4.69, 9.17) is 0 Å². The highest BCUT2D eigenvalue weighted by atomic mass is 19.4. The van der Waals surface area contributed by atoms with Gasteiger partial charge in [0.25, 0.3) is 5.91 Å². The van der Waals surface area contributed by atoms with Gasteiger partial charge in [-0.2, -0.15) is 13.2 Å². The van der Waals surface area contributed by atoms with Crippen LogP contribution in [0.1, 0.15) is 27.2 Å². The van der Waals surface area contributed by atoms with Gasteiger partial charge in [0.05, 0.1) is 11.1 Å². The quantitative estimate of drug-likeness (QED) is 0.739. The van der Waals surface area contributed by atoms with Gasteiger partial charge in [0.1, 0.15) is 0 Å². The number of carbonyl (C=O) groups is 1. The fourth-order valence-electron chi connectivity index (χ4n) is 3.04. The molecule has 0 bridgehead atoms. The first-order valence-corrected chi connectivity index (χ1v) is 7.85. The zero-order valence-corrected chi connectivity index (χ0v) is 13.9. The number of hydrogen-bond donors (Lipinski definition) is 2. The number of alkyl halides is 3. The highest BCUT2D eigenvalue weighted by Gasteiger charge is 2.36. The lowest BCUT2D eigenvalue weighted by Crippen LogP contribution is -2.27. The molecule has 4 nitrogen and oxygen atoms in total. The molecule has 2 aromatic heterocycles. The third-order valence-corrected chi connectivity index (χ3v) is 4.19. The van der Waals surface area contributed by atoms with Gasteiger partial charge < -0.3 is 14.9 Å². The summed E-state index contributed by atoms with van der Waals surface area (Å²) < 4.78 is 40.2. The van der Waals surface area contributed by atoms with Gasteiger partial charge in [-0.15, -0.1) is 0 Å². The Hall–Kier alpha value is -2.70. The third kappa shape index (κ3) is 3.40. The van der Waals surface area contributed by atoms with Gasteiger partial charge in [0, 0.05) is 42.6 Å². The van der Waals surface area contributed by atoms with Crippen molar-refractivity contribution in [1.29, 1.82) is 0 Å². The smallest absolute Gasteiger partial charge is 0.358 e. The monoisotopic (exact) mass is 349 g/mol. The van der Waals surface area contributed by atoms with Gasteiger partial charge in [0.2, 0.25) is 0 Å². The van der Waals surface area contributed by atoms with Gasteiger partial charge in [-0.05, 0) is 25.0 Å². The molecule has 132 valence electrons. The fraction of sp³-hybridized carbons (Fsp3) is 0.278. The molecular weight excluding hydrogens is 331 g/mol. The molecular formula is C18H18F3N3O. The van der Waals surface area contributed by atoms with Crippen LogP contribution >= 0.6 is 0 Å². The maximum absolute atomic E-state index is 13.0. The second-order valence-corrected chi connectivity index (χ2v) is 6.03. The molecule has 0 aliphatic rings. The van der Waals surface area contributed by atoms with Crippen LogP contribution in [0, 0.1) is 6.92 Å².